The number of benzene rings is 2. The fourth-order valence-corrected chi connectivity index (χ4v) is 5.93. The summed E-state index contributed by atoms with van der Waals surface area (Å²) in [6.07, 6.45) is -2.47. The van der Waals surface area contributed by atoms with Crippen LogP contribution in [0.25, 0.3) is 0 Å². The second kappa shape index (κ2) is 10.8. The van der Waals surface area contributed by atoms with E-state index < -0.39 is 11.7 Å². The number of anilines is 1. The fraction of sp³-hybridized carbons (Fsp3) is 0.407. The lowest BCUT2D eigenvalue weighted by Crippen LogP contribution is -2.49. The molecule has 10 heteroatoms. The molecule has 5 rings (SSSR count). The monoisotopic (exact) mass is 532 g/mol. The van der Waals surface area contributed by atoms with E-state index in [0.29, 0.717) is 43.5 Å². The molecule has 1 aromatic heterocycles. The summed E-state index contributed by atoms with van der Waals surface area (Å²) in [5, 5.41) is 2.80. The zero-order valence-electron chi connectivity index (χ0n) is 20.3. The molecule has 2 saturated heterocycles. The van der Waals surface area contributed by atoms with Crippen LogP contribution in [0, 0.1) is 5.82 Å². The van der Waals surface area contributed by atoms with E-state index in [9.17, 15) is 22.4 Å². The van der Waals surface area contributed by atoms with Gasteiger partial charge in [-0.3, -0.25) is 9.69 Å². The van der Waals surface area contributed by atoms with E-state index in [1.165, 1.54) is 29.5 Å². The van der Waals surface area contributed by atoms with Crippen LogP contribution in [0.1, 0.15) is 45.4 Å². The Morgan fingerprint density at radius 2 is 1.68 bits per heavy atom. The van der Waals surface area contributed by atoms with Crippen molar-refractivity contribution in [3.8, 4) is 0 Å². The number of nitrogens with zero attached hydrogens (tertiary/aromatic N) is 4. The van der Waals surface area contributed by atoms with Crippen LogP contribution in [0.3, 0.4) is 0 Å². The van der Waals surface area contributed by atoms with E-state index in [1.54, 1.807) is 11.0 Å². The number of likely N-dealkylation sites (tertiary alicyclic amines) is 1. The molecule has 1 amide bonds. The van der Waals surface area contributed by atoms with Crippen molar-refractivity contribution in [2.24, 2.45) is 0 Å². The molecule has 0 spiro atoms. The third-order valence-electron chi connectivity index (χ3n) is 7.10. The number of hydrogen-bond donors (Lipinski definition) is 0. The van der Waals surface area contributed by atoms with Gasteiger partial charge in [0.1, 0.15) is 11.5 Å². The Hall–Kier alpha value is -2.98. The molecule has 37 heavy (non-hydrogen) atoms. The number of piperazine rings is 1. The van der Waals surface area contributed by atoms with E-state index >= 15 is 0 Å². The summed E-state index contributed by atoms with van der Waals surface area (Å²) in [5.41, 5.74) is 1.39. The lowest BCUT2D eigenvalue weighted by Gasteiger charge is -2.36. The minimum atomic E-state index is -4.38. The van der Waals surface area contributed by atoms with Gasteiger partial charge in [-0.15, -0.1) is 11.3 Å². The SMILES string of the molecule is O=C(c1csc(C2CCN(Cc3ccc(F)cc3)CC2)n1)N1CCN(c2cccc(C(F)(F)F)c2)CC1. The smallest absolute Gasteiger partial charge is 0.368 e. The first-order valence-electron chi connectivity index (χ1n) is 12.4. The third-order valence-corrected chi connectivity index (χ3v) is 8.11. The van der Waals surface area contributed by atoms with Crippen molar-refractivity contribution in [1.82, 2.24) is 14.8 Å². The quantitative estimate of drug-likeness (QED) is 0.399. The van der Waals surface area contributed by atoms with Gasteiger partial charge < -0.3 is 9.80 Å². The molecule has 0 N–H and O–H groups in total. The number of halogens is 4. The molecule has 2 aliphatic heterocycles. The zero-order valence-corrected chi connectivity index (χ0v) is 21.1. The molecular weight excluding hydrogens is 504 g/mol. The highest BCUT2D eigenvalue weighted by atomic mass is 32.1. The summed E-state index contributed by atoms with van der Waals surface area (Å²) in [6, 6.07) is 11.9. The van der Waals surface area contributed by atoms with Crippen LogP contribution in [-0.4, -0.2) is 60.0 Å². The molecule has 2 aromatic carbocycles. The summed E-state index contributed by atoms with van der Waals surface area (Å²) in [6.45, 7) is 4.44. The predicted molar refractivity (Wildman–Crippen MR) is 135 cm³/mol. The summed E-state index contributed by atoms with van der Waals surface area (Å²) >= 11 is 1.52. The van der Waals surface area contributed by atoms with E-state index in [-0.39, 0.29) is 11.7 Å². The average Bonchev–Trinajstić information content (AvgIpc) is 3.40. The van der Waals surface area contributed by atoms with Crippen molar-refractivity contribution in [3.63, 3.8) is 0 Å². The van der Waals surface area contributed by atoms with Crippen LogP contribution < -0.4 is 4.90 Å². The molecule has 0 radical (unpaired) electrons. The molecule has 196 valence electrons. The number of piperidine rings is 1. The van der Waals surface area contributed by atoms with Gasteiger partial charge >= 0.3 is 6.18 Å². The Morgan fingerprint density at radius 1 is 0.973 bits per heavy atom. The molecule has 0 bridgehead atoms. The van der Waals surface area contributed by atoms with Gasteiger partial charge in [-0.2, -0.15) is 13.2 Å². The number of carbonyl (C=O) groups is 1. The molecule has 0 unspecified atom stereocenters. The predicted octanol–water partition coefficient (Wildman–Crippen LogP) is 5.64. The molecule has 2 fully saturated rings. The van der Waals surface area contributed by atoms with Crippen molar-refractivity contribution in [1.29, 1.82) is 0 Å². The number of amides is 1. The number of aromatic nitrogens is 1. The number of alkyl halides is 3. The van der Waals surface area contributed by atoms with Crippen molar-refractivity contribution in [3.05, 3.63) is 81.6 Å². The van der Waals surface area contributed by atoms with Gasteiger partial charge in [0.2, 0.25) is 0 Å². The highest BCUT2D eigenvalue weighted by Crippen LogP contribution is 2.33. The lowest BCUT2D eigenvalue weighted by molar-refractivity contribution is -0.137. The van der Waals surface area contributed by atoms with E-state index in [4.69, 9.17) is 0 Å². The van der Waals surface area contributed by atoms with Gasteiger partial charge in [0.05, 0.1) is 10.6 Å². The number of rotatable bonds is 5. The van der Waals surface area contributed by atoms with Crippen LogP contribution in [0.2, 0.25) is 0 Å². The molecule has 5 nitrogen and oxygen atoms in total. The minimum Gasteiger partial charge on any atom is -0.368 e. The topological polar surface area (TPSA) is 39.7 Å². The normalized spacial score (nSPS) is 17.8. The van der Waals surface area contributed by atoms with Crippen LogP contribution in [0.5, 0.6) is 0 Å². The Balaban J connectivity index is 1.13. The second-order valence-electron chi connectivity index (χ2n) is 9.58. The molecule has 3 heterocycles. The lowest BCUT2D eigenvalue weighted by atomic mass is 9.97. The van der Waals surface area contributed by atoms with Gasteiger partial charge in [0.25, 0.3) is 5.91 Å². The van der Waals surface area contributed by atoms with Gasteiger partial charge in [-0.25, -0.2) is 9.37 Å². The number of thiazole rings is 1. The first-order chi connectivity index (χ1) is 17.8. The molecule has 3 aromatic rings. The standard InChI is InChI=1S/C27H28F4N4OS/c28-22-6-4-19(5-7-22)17-33-10-8-20(9-11-33)25-32-24(18-37-25)26(36)35-14-12-34(13-15-35)23-3-1-2-21(16-23)27(29,30)31/h1-7,16,18,20H,8-15,17H2. The minimum absolute atomic E-state index is 0.125. The van der Waals surface area contributed by atoms with Gasteiger partial charge in [0, 0.05) is 49.7 Å². The van der Waals surface area contributed by atoms with Crippen LogP contribution in [0.4, 0.5) is 23.2 Å². The van der Waals surface area contributed by atoms with Gasteiger partial charge in [-0.1, -0.05) is 18.2 Å². The Kier molecular flexibility index (Phi) is 7.48. The number of hydrogen-bond acceptors (Lipinski definition) is 5. The van der Waals surface area contributed by atoms with E-state index in [1.807, 2.05) is 22.4 Å². The number of carbonyl (C=O) groups excluding carboxylic acids is 1. The van der Waals surface area contributed by atoms with Crippen LogP contribution >= 0.6 is 11.3 Å². The molecule has 0 aliphatic carbocycles. The Morgan fingerprint density at radius 3 is 2.35 bits per heavy atom. The Labute approximate surface area is 217 Å². The van der Waals surface area contributed by atoms with Crippen molar-refractivity contribution < 1.29 is 22.4 Å². The van der Waals surface area contributed by atoms with Crippen LogP contribution in [0.15, 0.2) is 53.9 Å². The van der Waals surface area contributed by atoms with Crippen molar-refractivity contribution >= 4 is 22.9 Å². The average molecular weight is 533 g/mol. The summed E-state index contributed by atoms with van der Waals surface area (Å²) < 4.78 is 52.3. The van der Waals surface area contributed by atoms with Crippen molar-refractivity contribution in [2.75, 3.05) is 44.2 Å². The maximum absolute atomic E-state index is 13.1. The first kappa shape index (κ1) is 25.7. The summed E-state index contributed by atoms with van der Waals surface area (Å²) in [4.78, 5) is 23.7. The molecular formula is C27H28F4N4OS. The van der Waals surface area contributed by atoms with E-state index in [0.717, 1.165) is 55.2 Å². The zero-order chi connectivity index (χ0) is 26.0. The van der Waals surface area contributed by atoms with Crippen LogP contribution in [-0.2, 0) is 12.7 Å². The summed E-state index contributed by atoms with van der Waals surface area (Å²) in [5.74, 6) is -0.0390. The maximum Gasteiger partial charge on any atom is 0.416 e. The second-order valence-corrected chi connectivity index (χ2v) is 10.5. The highest BCUT2D eigenvalue weighted by Gasteiger charge is 2.32. The van der Waals surface area contributed by atoms with E-state index in [2.05, 4.69) is 9.88 Å². The van der Waals surface area contributed by atoms with Gasteiger partial charge in [0.15, 0.2) is 0 Å². The summed E-state index contributed by atoms with van der Waals surface area (Å²) in [7, 11) is 0. The maximum atomic E-state index is 13.1. The fourth-order valence-electron chi connectivity index (χ4n) is 4.97. The Bertz CT molecular complexity index is 1210. The largest absolute Gasteiger partial charge is 0.416 e. The first-order valence-corrected chi connectivity index (χ1v) is 13.3. The highest BCUT2D eigenvalue weighted by molar-refractivity contribution is 7.09. The van der Waals surface area contributed by atoms with Crippen molar-refractivity contribution in [2.45, 2.75) is 31.5 Å². The molecule has 0 atom stereocenters. The van der Waals surface area contributed by atoms with Gasteiger partial charge in [-0.05, 0) is 61.8 Å². The molecule has 2 aliphatic rings. The molecule has 0 saturated carbocycles. The third kappa shape index (κ3) is 6.13.